The lowest BCUT2D eigenvalue weighted by Crippen LogP contribution is -3.00. The smallest absolute Gasteiger partial charge is 0.210 e. The molecule has 0 aliphatic rings. The summed E-state index contributed by atoms with van der Waals surface area (Å²) in [5.41, 5.74) is 0. The molecule has 1 N–H and O–H groups in total. The average molecular weight is 278 g/mol. The Morgan fingerprint density at radius 1 is 1.53 bits per heavy atom. The lowest BCUT2D eigenvalue weighted by molar-refractivity contribution is -0.671. The molecule has 1 heterocycles. The number of carbonyl (C=O) groups excluding carboxylic acids is 1. The van der Waals surface area contributed by atoms with Crippen molar-refractivity contribution in [3.8, 4) is 5.75 Å². The first-order valence-electron chi connectivity index (χ1n) is 3.96. The van der Waals surface area contributed by atoms with Crippen molar-refractivity contribution >= 4 is 6.09 Å². The van der Waals surface area contributed by atoms with Crippen LogP contribution in [0.25, 0.3) is 0 Å². The molecule has 0 saturated carbocycles. The van der Waals surface area contributed by atoms with E-state index < -0.39 is 6.09 Å². The molecule has 6 heteroatoms. The second kappa shape index (κ2) is 8.05. The average Bonchev–Trinajstić information content (AvgIpc) is 2.04. The predicted molar refractivity (Wildman–Crippen MR) is 48.4 cm³/mol. The van der Waals surface area contributed by atoms with Gasteiger partial charge >= 0.3 is 0 Å². The van der Waals surface area contributed by atoms with Gasteiger partial charge < -0.3 is 36.9 Å². The van der Waals surface area contributed by atoms with Crippen LogP contribution in [0.4, 0.5) is 4.79 Å². The number of aromatic nitrogens is 1. The van der Waals surface area contributed by atoms with Gasteiger partial charge in [-0.3, -0.25) is 0 Å². The van der Waals surface area contributed by atoms with E-state index in [0.717, 1.165) is 4.90 Å². The van der Waals surface area contributed by atoms with E-state index >= 15 is 0 Å². The lowest BCUT2D eigenvalue weighted by Gasteiger charge is -2.10. The first kappa shape index (κ1) is 16.1. The zero-order valence-electron chi connectivity index (χ0n) is 8.85. The third-order valence-corrected chi connectivity index (χ3v) is 1.29. The molecule has 0 aliphatic carbocycles. The number of halogens is 1. The minimum Gasteiger partial charge on any atom is -1.00 e. The van der Waals surface area contributed by atoms with Gasteiger partial charge in [0, 0.05) is 20.2 Å². The van der Waals surface area contributed by atoms with Gasteiger partial charge in [0.1, 0.15) is 13.1 Å². The van der Waals surface area contributed by atoms with Gasteiger partial charge in [-0.05, 0) is 6.07 Å². The maximum Gasteiger partial charge on any atom is 0.210 e. The minimum absolute atomic E-state index is 0. The molecular weight excluding hydrogens is 264 g/mol. The molecule has 0 aliphatic heterocycles. The fraction of sp³-hybridized carbons (Fsp3) is 0.333. The molecule has 0 bridgehead atoms. The van der Waals surface area contributed by atoms with E-state index in [1.165, 1.54) is 14.1 Å². The number of carboxylic acid groups (broad SMARTS) is 1. The van der Waals surface area contributed by atoms with E-state index in [-0.39, 0.29) is 17.0 Å². The van der Waals surface area contributed by atoms with Crippen LogP contribution in [-0.2, 0) is 7.05 Å². The van der Waals surface area contributed by atoms with Crippen LogP contribution in [0.5, 0.6) is 5.75 Å². The Balaban J connectivity index is 0. The number of rotatable bonds is 0. The minimum atomic E-state index is -1.16. The summed E-state index contributed by atoms with van der Waals surface area (Å²) in [6.45, 7) is 0. The number of pyridine rings is 1. The van der Waals surface area contributed by atoms with Gasteiger partial charge in [0.05, 0.1) is 0 Å². The van der Waals surface area contributed by atoms with E-state index in [2.05, 4.69) is 0 Å². The largest absolute Gasteiger partial charge is 1.00 e. The Kier molecular flexibility index (Phi) is 8.66. The van der Waals surface area contributed by atoms with Crippen LogP contribution in [0.2, 0.25) is 0 Å². The number of aromatic hydroxyl groups is 1. The van der Waals surface area contributed by atoms with Crippen LogP contribution in [0, 0.1) is 0 Å². The highest BCUT2D eigenvalue weighted by Gasteiger charge is 1.89. The molecule has 0 fully saturated rings. The Labute approximate surface area is 99.3 Å². The highest BCUT2D eigenvalue weighted by atomic mass is 79.9. The summed E-state index contributed by atoms with van der Waals surface area (Å²) >= 11 is 0. The molecule has 1 amide bonds. The molecule has 15 heavy (non-hydrogen) atoms. The highest BCUT2D eigenvalue weighted by Crippen LogP contribution is 1.98. The Morgan fingerprint density at radius 2 is 2.00 bits per heavy atom. The zero-order chi connectivity index (χ0) is 11.1. The predicted octanol–water partition coefficient (Wildman–Crippen LogP) is -3.89. The Bertz CT molecular complexity index is 288. The molecule has 86 valence electrons. The summed E-state index contributed by atoms with van der Waals surface area (Å²) < 4.78 is 1.79. The van der Waals surface area contributed by atoms with Crippen molar-refractivity contribution in [2.45, 2.75) is 0 Å². The molecule has 1 rings (SSSR count). The van der Waals surface area contributed by atoms with E-state index in [0.29, 0.717) is 5.75 Å². The van der Waals surface area contributed by atoms with Gasteiger partial charge in [0.15, 0.2) is 11.9 Å². The summed E-state index contributed by atoms with van der Waals surface area (Å²) in [5.74, 6) is 0.301. The normalized spacial score (nSPS) is 7.93. The SMILES string of the molecule is CN(C)C(=O)[O-].C[n+]1cccc(O)c1.[Br-]. The monoisotopic (exact) mass is 277 g/mol. The van der Waals surface area contributed by atoms with Gasteiger partial charge in [-0.1, -0.05) is 0 Å². The van der Waals surface area contributed by atoms with Crippen molar-refractivity contribution in [2.24, 2.45) is 7.05 Å². The molecular formula is C9H14BrN2O3-. The molecule has 1 aromatic heterocycles. The van der Waals surface area contributed by atoms with Gasteiger partial charge in [-0.15, -0.1) is 0 Å². The molecule has 0 saturated heterocycles. The van der Waals surface area contributed by atoms with Crippen molar-refractivity contribution in [3.05, 3.63) is 24.5 Å². The van der Waals surface area contributed by atoms with E-state index in [1.54, 1.807) is 22.9 Å². The van der Waals surface area contributed by atoms with Crippen molar-refractivity contribution in [1.29, 1.82) is 0 Å². The van der Waals surface area contributed by atoms with Crippen LogP contribution >= 0.6 is 0 Å². The molecule has 0 unspecified atom stereocenters. The second-order valence-corrected chi connectivity index (χ2v) is 2.89. The Morgan fingerprint density at radius 3 is 2.20 bits per heavy atom. The van der Waals surface area contributed by atoms with Gasteiger partial charge in [0.25, 0.3) is 0 Å². The maximum absolute atomic E-state index is 9.51. The number of amides is 1. The lowest BCUT2D eigenvalue weighted by atomic mass is 10.5. The van der Waals surface area contributed by atoms with Crippen LogP contribution < -0.4 is 26.7 Å². The summed E-state index contributed by atoms with van der Waals surface area (Å²) in [7, 11) is 4.68. The second-order valence-electron chi connectivity index (χ2n) is 2.89. The zero-order valence-corrected chi connectivity index (χ0v) is 10.4. The molecule has 1 aromatic rings. The maximum atomic E-state index is 9.51. The first-order chi connectivity index (χ1) is 6.43. The van der Waals surface area contributed by atoms with Gasteiger partial charge in [0.2, 0.25) is 6.20 Å². The first-order valence-corrected chi connectivity index (χ1v) is 3.96. The summed E-state index contributed by atoms with van der Waals surface area (Å²) in [6, 6.07) is 3.43. The fourth-order valence-electron chi connectivity index (χ4n) is 0.572. The highest BCUT2D eigenvalue weighted by molar-refractivity contribution is 5.61. The number of hydrogen-bond donors (Lipinski definition) is 1. The van der Waals surface area contributed by atoms with Crippen molar-refractivity contribution in [2.75, 3.05) is 14.1 Å². The Hall–Kier alpha value is -1.30. The van der Waals surface area contributed by atoms with E-state index in [1.807, 2.05) is 13.2 Å². The van der Waals surface area contributed by atoms with Crippen LogP contribution in [0.1, 0.15) is 0 Å². The van der Waals surface area contributed by atoms with Crippen LogP contribution in [-0.4, -0.2) is 30.2 Å². The summed E-state index contributed by atoms with van der Waals surface area (Å²) in [6.07, 6.45) is 2.34. The molecule has 0 spiro atoms. The fourth-order valence-corrected chi connectivity index (χ4v) is 0.572. The third-order valence-electron chi connectivity index (χ3n) is 1.29. The van der Waals surface area contributed by atoms with Gasteiger partial charge in [-0.25, -0.2) is 4.57 Å². The third kappa shape index (κ3) is 9.01. The number of hydrogen-bond acceptors (Lipinski definition) is 3. The number of aryl methyl sites for hydroxylation is 1. The molecule has 0 aromatic carbocycles. The number of carbonyl (C=O) groups is 1. The van der Waals surface area contributed by atoms with Crippen LogP contribution in [0.15, 0.2) is 24.5 Å². The molecule has 0 radical (unpaired) electrons. The van der Waals surface area contributed by atoms with Crippen molar-refractivity contribution in [3.63, 3.8) is 0 Å². The summed E-state index contributed by atoms with van der Waals surface area (Å²) in [5, 5.41) is 18.3. The number of nitrogens with zero attached hydrogens (tertiary/aromatic N) is 2. The van der Waals surface area contributed by atoms with E-state index in [9.17, 15) is 9.90 Å². The molecule has 5 nitrogen and oxygen atoms in total. The standard InChI is InChI=1S/C6H7NO.C3H7NO2.BrH/c1-7-4-2-3-6(8)5-7;1-4(2)3(5)6;/h2-5H,1H3;1-2H3,(H,5,6);1H/p-1. The molecule has 0 atom stereocenters. The van der Waals surface area contributed by atoms with Crippen molar-refractivity contribution in [1.82, 2.24) is 4.90 Å². The van der Waals surface area contributed by atoms with E-state index in [4.69, 9.17) is 5.11 Å². The van der Waals surface area contributed by atoms with Crippen molar-refractivity contribution < 1.29 is 36.6 Å². The van der Waals surface area contributed by atoms with Crippen LogP contribution in [0.3, 0.4) is 0 Å². The summed E-state index contributed by atoms with van der Waals surface area (Å²) in [4.78, 5) is 10.5. The topological polar surface area (TPSA) is 67.5 Å². The van der Waals surface area contributed by atoms with Gasteiger partial charge in [-0.2, -0.15) is 0 Å². The quantitative estimate of drug-likeness (QED) is 0.494.